The fourth-order valence-electron chi connectivity index (χ4n) is 3.29. The van der Waals surface area contributed by atoms with Crippen molar-refractivity contribution in [1.82, 2.24) is 14.8 Å². The first-order valence-electron chi connectivity index (χ1n) is 10.5. The molecule has 0 saturated carbocycles. The van der Waals surface area contributed by atoms with Gasteiger partial charge >= 0.3 is 6.09 Å². The minimum atomic E-state index is -0.467. The highest BCUT2D eigenvalue weighted by Crippen LogP contribution is 2.28. The molecule has 1 N–H and O–H groups in total. The molecule has 9 heteroatoms. The third kappa shape index (κ3) is 5.26. The smallest absolute Gasteiger partial charge is 0.413 e. The molecule has 0 aliphatic heterocycles. The van der Waals surface area contributed by atoms with Gasteiger partial charge in [-0.15, -0.1) is 10.2 Å². The highest BCUT2D eigenvalue weighted by Gasteiger charge is 2.17. The van der Waals surface area contributed by atoms with Crippen LogP contribution in [0.15, 0.2) is 90.1 Å². The van der Waals surface area contributed by atoms with Crippen LogP contribution < -0.4 is 10.2 Å². The van der Waals surface area contributed by atoms with Crippen LogP contribution in [0.2, 0.25) is 0 Å². The Morgan fingerprint density at radius 3 is 2.24 bits per heavy atom. The zero-order valence-electron chi connectivity index (χ0n) is 18.7. The van der Waals surface area contributed by atoms with Crippen LogP contribution in [0, 0.1) is 0 Å². The van der Waals surface area contributed by atoms with Gasteiger partial charge in [0.05, 0.1) is 12.9 Å². The number of benzene rings is 3. The number of amides is 2. The molecule has 0 fully saturated rings. The van der Waals surface area contributed by atoms with E-state index in [1.165, 1.54) is 23.8 Å². The number of rotatable bonds is 7. The lowest BCUT2D eigenvalue weighted by molar-refractivity contribution is -0.113. The molecule has 2 amide bonds. The number of methoxy groups -OCH3 is 1. The van der Waals surface area contributed by atoms with Gasteiger partial charge in [0.1, 0.15) is 0 Å². The minimum Gasteiger partial charge on any atom is -0.452 e. The molecule has 1 heterocycles. The standard InChI is InChI=1S/C25H23N5O3S/c1-29(25(32)33-2)20-15-13-19(14-16-20)26-22(31)17-34-24-28-27-23(18-9-5-3-6-10-18)30(24)21-11-7-4-8-12-21/h3-16H,17H2,1-2H3,(H,26,31). The number of para-hydroxylation sites is 1. The summed E-state index contributed by atoms with van der Waals surface area (Å²) in [6.07, 6.45) is -0.467. The summed E-state index contributed by atoms with van der Waals surface area (Å²) in [5.74, 6) is 0.687. The second-order valence-corrected chi connectivity index (χ2v) is 8.20. The van der Waals surface area contributed by atoms with Crippen LogP contribution in [-0.4, -0.2) is 46.7 Å². The Kier molecular flexibility index (Phi) is 7.24. The maximum atomic E-state index is 12.6. The van der Waals surface area contributed by atoms with E-state index in [1.54, 1.807) is 31.3 Å². The summed E-state index contributed by atoms with van der Waals surface area (Å²) in [6, 6.07) is 26.6. The van der Waals surface area contributed by atoms with E-state index in [1.807, 2.05) is 65.2 Å². The predicted octanol–water partition coefficient (Wildman–Crippen LogP) is 4.87. The lowest BCUT2D eigenvalue weighted by atomic mass is 10.2. The molecule has 0 unspecified atom stereocenters. The van der Waals surface area contributed by atoms with E-state index >= 15 is 0 Å². The number of nitrogens with one attached hydrogen (secondary N) is 1. The summed E-state index contributed by atoms with van der Waals surface area (Å²) >= 11 is 1.31. The van der Waals surface area contributed by atoms with Gasteiger partial charge in [-0.3, -0.25) is 14.3 Å². The fourth-order valence-corrected chi connectivity index (χ4v) is 4.04. The highest BCUT2D eigenvalue weighted by atomic mass is 32.2. The summed E-state index contributed by atoms with van der Waals surface area (Å²) in [7, 11) is 2.94. The first kappa shape index (κ1) is 23.1. The first-order chi connectivity index (χ1) is 16.6. The molecule has 34 heavy (non-hydrogen) atoms. The summed E-state index contributed by atoms with van der Waals surface area (Å²) in [5.41, 5.74) is 3.14. The Balaban J connectivity index is 1.47. The lowest BCUT2D eigenvalue weighted by Crippen LogP contribution is -2.25. The zero-order chi connectivity index (χ0) is 23.9. The summed E-state index contributed by atoms with van der Waals surface area (Å²) < 4.78 is 6.66. The molecule has 4 aromatic rings. The number of anilines is 2. The molecule has 172 valence electrons. The van der Waals surface area contributed by atoms with Gasteiger partial charge < -0.3 is 10.1 Å². The third-order valence-electron chi connectivity index (χ3n) is 5.00. The van der Waals surface area contributed by atoms with Crippen LogP contribution in [0.1, 0.15) is 0 Å². The number of aromatic nitrogens is 3. The van der Waals surface area contributed by atoms with Crippen molar-refractivity contribution >= 4 is 35.1 Å². The number of ether oxygens (including phenoxy) is 1. The predicted molar refractivity (Wildman–Crippen MR) is 133 cm³/mol. The molecule has 0 radical (unpaired) electrons. The van der Waals surface area contributed by atoms with Gasteiger partial charge in [-0.2, -0.15) is 0 Å². The average molecular weight is 474 g/mol. The van der Waals surface area contributed by atoms with Crippen molar-refractivity contribution in [2.24, 2.45) is 0 Å². The molecule has 0 saturated heterocycles. The largest absolute Gasteiger partial charge is 0.452 e. The normalized spacial score (nSPS) is 10.5. The fraction of sp³-hybridized carbons (Fsp3) is 0.120. The van der Waals surface area contributed by atoms with Crippen molar-refractivity contribution in [2.75, 3.05) is 30.1 Å². The lowest BCUT2D eigenvalue weighted by Gasteiger charge is -2.16. The Hall–Kier alpha value is -4.11. The number of thioether (sulfide) groups is 1. The molecule has 0 aliphatic rings. The van der Waals surface area contributed by atoms with Crippen molar-refractivity contribution in [2.45, 2.75) is 5.16 Å². The number of hydrogen-bond acceptors (Lipinski definition) is 6. The molecule has 4 rings (SSSR count). The molecule has 0 atom stereocenters. The average Bonchev–Trinajstić information content (AvgIpc) is 3.32. The van der Waals surface area contributed by atoms with E-state index in [9.17, 15) is 9.59 Å². The Morgan fingerprint density at radius 2 is 1.59 bits per heavy atom. The molecule has 0 spiro atoms. The first-order valence-corrected chi connectivity index (χ1v) is 11.5. The van der Waals surface area contributed by atoms with Crippen LogP contribution in [0.4, 0.5) is 16.2 Å². The van der Waals surface area contributed by atoms with Gasteiger partial charge in [-0.25, -0.2) is 4.79 Å². The van der Waals surface area contributed by atoms with E-state index in [2.05, 4.69) is 15.5 Å². The topological polar surface area (TPSA) is 89.3 Å². The van der Waals surface area contributed by atoms with Crippen LogP contribution in [0.25, 0.3) is 17.1 Å². The SMILES string of the molecule is COC(=O)N(C)c1ccc(NC(=O)CSc2nnc(-c3ccccc3)n2-c2ccccc2)cc1. The molecular weight excluding hydrogens is 450 g/mol. The quantitative estimate of drug-likeness (QED) is 0.385. The van der Waals surface area contributed by atoms with Gasteiger partial charge in [0, 0.05) is 29.7 Å². The molecule has 0 bridgehead atoms. The maximum Gasteiger partial charge on any atom is 0.413 e. The third-order valence-corrected chi connectivity index (χ3v) is 5.93. The number of nitrogens with zero attached hydrogens (tertiary/aromatic N) is 4. The van der Waals surface area contributed by atoms with Gasteiger partial charge in [0.2, 0.25) is 5.91 Å². The van der Waals surface area contributed by atoms with Crippen molar-refractivity contribution in [3.8, 4) is 17.1 Å². The minimum absolute atomic E-state index is 0.156. The van der Waals surface area contributed by atoms with Crippen molar-refractivity contribution < 1.29 is 14.3 Å². The Morgan fingerprint density at radius 1 is 0.941 bits per heavy atom. The molecule has 0 aliphatic carbocycles. The van der Waals surface area contributed by atoms with E-state index in [-0.39, 0.29) is 11.7 Å². The molecule has 3 aromatic carbocycles. The van der Waals surface area contributed by atoms with E-state index < -0.39 is 6.09 Å². The zero-order valence-corrected chi connectivity index (χ0v) is 19.5. The van der Waals surface area contributed by atoms with E-state index in [4.69, 9.17) is 4.74 Å². The molecule has 1 aromatic heterocycles. The van der Waals surface area contributed by atoms with Crippen LogP contribution in [0.5, 0.6) is 0 Å². The Labute approximate surface area is 201 Å². The van der Waals surface area contributed by atoms with Crippen molar-refractivity contribution in [1.29, 1.82) is 0 Å². The maximum absolute atomic E-state index is 12.6. The summed E-state index contributed by atoms with van der Waals surface area (Å²) in [6.45, 7) is 0. The summed E-state index contributed by atoms with van der Waals surface area (Å²) in [5, 5.41) is 12.2. The number of carbonyl (C=O) groups is 2. The van der Waals surface area contributed by atoms with Gasteiger partial charge in [-0.1, -0.05) is 60.3 Å². The molecular formula is C25H23N5O3S. The van der Waals surface area contributed by atoms with E-state index in [0.717, 1.165) is 11.3 Å². The van der Waals surface area contributed by atoms with Gasteiger partial charge in [0.25, 0.3) is 0 Å². The van der Waals surface area contributed by atoms with Crippen LogP contribution in [-0.2, 0) is 9.53 Å². The van der Waals surface area contributed by atoms with E-state index in [0.29, 0.717) is 22.4 Å². The van der Waals surface area contributed by atoms with Crippen LogP contribution in [0.3, 0.4) is 0 Å². The molecule has 8 nitrogen and oxygen atoms in total. The van der Waals surface area contributed by atoms with Gasteiger partial charge in [-0.05, 0) is 36.4 Å². The van der Waals surface area contributed by atoms with Crippen LogP contribution >= 0.6 is 11.8 Å². The monoisotopic (exact) mass is 473 g/mol. The Bertz CT molecular complexity index is 1260. The van der Waals surface area contributed by atoms with Crippen molar-refractivity contribution in [3.05, 3.63) is 84.9 Å². The van der Waals surface area contributed by atoms with Gasteiger partial charge in [0.15, 0.2) is 11.0 Å². The number of hydrogen-bond donors (Lipinski definition) is 1. The van der Waals surface area contributed by atoms with Crippen molar-refractivity contribution in [3.63, 3.8) is 0 Å². The highest BCUT2D eigenvalue weighted by molar-refractivity contribution is 7.99. The second-order valence-electron chi connectivity index (χ2n) is 7.26. The summed E-state index contributed by atoms with van der Waals surface area (Å²) in [4.78, 5) is 25.6. The second kappa shape index (κ2) is 10.7. The number of carbonyl (C=O) groups excluding carboxylic acids is 2.